The minimum Gasteiger partial charge on any atom is -0.444 e. The Morgan fingerprint density at radius 3 is 2.62 bits per heavy atom. The van der Waals surface area contributed by atoms with Crippen LogP contribution in [0.1, 0.15) is 21.7 Å². The number of halogens is 1. The van der Waals surface area contributed by atoms with Gasteiger partial charge >= 0.3 is 0 Å². The summed E-state index contributed by atoms with van der Waals surface area (Å²) >= 11 is 4.02. The summed E-state index contributed by atoms with van der Waals surface area (Å²) in [4.78, 5) is 37.9. The lowest BCUT2D eigenvalue weighted by Crippen LogP contribution is -2.37. The molecule has 0 saturated carbocycles. The third-order valence-corrected chi connectivity index (χ3v) is 5.00. The van der Waals surface area contributed by atoms with Crippen LogP contribution < -0.4 is 5.32 Å². The van der Waals surface area contributed by atoms with Gasteiger partial charge in [0.05, 0.1) is 4.91 Å². The number of thioether (sulfide) groups is 1. The highest BCUT2D eigenvalue weighted by molar-refractivity contribution is 9.10. The Hall–Kier alpha value is -2.32. The van der Waals surface area contributed by atoms with Gasteiger partial charge in [-0.2, -0.15) is 0 Å². The molecule has 0 radical (unpaired) electrons. The molecule has 2 heterocycles. The monoisotopic (exact) mass is 434 g/mol. The zero-order valence-corrected chi connectivity index (χ0v) is 16.2. The van der Waals surface area contributed by atoms with Gasteiger partial charge in [0, 0.05) is 13.1 Å². The molecule has 0 bridgehead atoms. The minimum atomic E-state index is -0.405. The molecule has 1 aromatic heterocycles. The molecule has 8 heteroatoms. The third kappa shape index (κ3) is 4.25. The van der Waals surface area contributed by atoms with Crippen molar-refractivity contribution in [2.45, 2.75) is 6.92 Å². The summed E-state index contributed by atoms with van der Waals surface area (Å²) < 4.78 is 5.60. The average Bonchev–Trinajstić information content (AvgIpc) is 3.15. The van der Waals surface area contributed by atoms with Gasteiger partial charge in [0.15, 0.2) is 10.4 Å². The lowest BCUT2D eigenvalue weighted by Gasteiger charge is -2.12. The Balaban J connectivity index is 1.58. The fraction of sp³-hybridized carbons (Fsp3) is 0.167. The summed E-state index contributed by atoms with van der Waals surface area (Å²) in [6, 6.07) is 10.8. The number of rotatable bonds is 5. The van der Waals surface area contributed by atoms with E-state index in [0.29, 0.717) is 9.57 Å². The maximum atomic E-state index is 12.4. The molecule has 2 aromatic rings. The van der Waals surface area contributed by atoms with E-state index >= 15 is 0 Å². The molecule has 0 unspecified atom stereocenters. The summed E-state index contributed by atoms with van der Waals surface area (Å²) in [5, 5.41) is 2.28. The number of benzene rings is 1. The predicted octanol–water partition coefficient (Wildman–Crippen LogP) is 3.82. The third-order valence-electron chi connectivity index (χ3n) is 3.67. The normalized spacial score (nSPS) is 15.8. The van der Waals surface area contributed by atoms with Crippen molar-refractivity contribution < 1.29 is 18.8 Å². The molecule has 0 aliphatic carbocycles. The van der Waals surface area contributed by atoms with Crippen LogP contribution in [0.2, 0.25) is 0 Å². The van der Waals surface area contributed by atoms with E-state index in [4.69, 9.17) is 4.42 Å². The smallest absolute Gasteiger partial charge is 0.293 e. The van der Waals surface area contributed by atoms with Gasteiger partial charge in [0.25, 0.3) is 17.1 Å². The summed E-state index contributed by atoms with van der Waals surface area (Å²) in [7, 11) is 0. The molecule has 1 fully saturated rings. The van der Waals surface area contributed by atoms with Crippen LogP contribution in [0.5, 0.6) is 0 Å². The Labute approximate surface area is 162 Å². The van der Waals surface area contributed by atoms with Gasteiger partial charge in [0.1, 0.15) is 0 Å². The Morgan fingerprint density at radius 1 is 1.23 bits per heavy atom. The Morgan fingerprint density at radius 2 is 1.96 bits per heavy atom. The first kappa shape index (κ1) is 18.5. The van der Waals surface area contributed by atoms with E-state index in [0.717, 1.165) is 27.8 Å². The molecule has 1 aliphatic heterocycles. The topological polar surface area (TPSA) is 79.6 Å². The number of hydrogen-bond donors (Lipinski definition) is 1. The highest BCUT2D eigenvalue weighted by Crippen LogP contribution is 2.31. The van der Waals surface area contributed by atoms with Crippen LogP contribution in [0.4, 0.5) is 4.79 Å². The van der Waals surface area contributed by atoms with Crippen LogP contribution in [-0.2, 0) is 4.79 Å². The number of nitrogens with one attached hydrogen (secondary N) is 1. The number of carbonyl (C=O) groups excluding carboxylic acids is 3. The van der Waals surface area contributed by atoms with Crippen LogP contribution in [0.15, 0.2) is 50.4 Å². The number of amides is 3. The summed E-state index contributed by atoms with van der Waals surface area (Å²) in [5.41, 5.74) is 1.98. The van der Waals surface area contributed by atoms with Gasteiger partial charge in [-0.25, -0.2) is 0 Å². The second-order valence-corrected chi connectivity index (χ2v) is 7.38. The van der Waals surface area contributed by atoms with Crippen molar-refractivity contribution in [1.29, 1.82) is 0 Å². The van der Waals surface area contributed by atoms with E-state index in [1.807, 2.05) is 31.2 Å². The average molecular weight is 435 g/mol. The lowest BCUT2D eigenvalue weighted by atomic mass is 10.1. The molecule has 134 valence electrons. The number of nitrogens with zero attached hydrogens (tertiary/aromatic N) is 1. The van der Waals surface area contributed by atoms with Crippen LogP contribution >= 0.6 is 27.7 Å². The van der Waals surface area contributed by atoms with E-state index in [-0.39, 0.29) is 30.0 Å². The summed E-state index contributed by atoms with van der Waals surface area (Å²) in [6.07, 6.45) is 1.70. The SMILES string of the molecule is Cc1ccc(/C=C2\SC(=O)N(CCNC(=O)c3ccc(Br)o3)C2=O)cc1. The second-order valence-electron chi connectivity index (χ2n) is 5.60. The largest absolute Gasteiger partial charge is 0.444 e. The number of furan rings is 1. The van der Waals surface area contributed by atoms with Gasteiger partial charge < -0.3 is 9.73 Å². The molecular weight excluding hydrogens is 420 g/mol. The van der Waals surface area contributed by atoms with E-state index in [1.165, 1.54) is 6.07 Å². The summed E-state index contributed by atoms with van der Waals surface area (Å²) in [6.45, 7) is 2.23. The van der Waals surface area contributed by atoms with Gasteiger partial charge in [-0.3, -0.25) is 19.3 Å². The molecule has 3 rings (SSSR count). The van der Waals surface area contributed by atoms with Crippen LogP contribution in [0, 0.1) is 6.92 Å². The van der Waals surface area contributed by atoms with Crippen LogP contribution in [-0.4, -0.2) is 35.0 Å². The first-order valence-corrected chi connectivity index (χ1v) is 9.40. The van der Waals surface area contributed by atoms with Gasteiger partial charge in [-0.1, -0.05) is 29.8 Å². The van der Waals surface area contributed by atoms with E-state index in [9.17, 15) is 14.4 Å². The van der Waals surface area contributed by atoms with E-state index < -0.39 is 5.91 Å². The molecular formula is C18H15BrN2O4S. The predicted molar refractivity (Wildman–Crippen MR) is 103 cm³/mol. The fourth-order valence-electron chi connectivity index (χ4n) is 2.31. The molecule has 6 nitrogen and oxygen atoms in total. The maximum absolute atomic E-state index is 12.4. The van der Waals surface area contributed by atoms with E-state index in [1.54, 1.807) is 12.1 Å². The van der Waals surface area contributed by atoms with Gasteiger partial charge in [-0.15, -0.1) is 0 Å². The fourth-order valence-corrected chi connectivity index (χ4v) is 3.48. The molecule has 1 saturated heterocycles. The molecule has 0 spiro atoms. The zero-order chi connectivity index (χ0) is 18.7. The van der Waals surface area contributed by atoms with Crippen molar-refractivity contribution in [2.75, 3.05) is 13.1 Å². The number of hydrogen-bond acceptors (Lipinski definition) is 5. The van der Waals surface area contributed by atoms with Gasteiger partial charge in [-0.05, 0) is 58.4 Å². The van der Waals surface area contributed by atoms with Gasteiger partial charge in [0.2, 0.25) is 0 Å². The minimum absolute atomic E-state index is 0.101. The molecule has 26 heavy (non-hydrogen) atoms. The standard InChI is InChI=1S/C18H15BrN2O4S/c1-11-2-4-12(5-3-11)10-14-17(23)21(18(24)26-14)9-8-20-16(22)13-6-7-15(19)25-13/h2-7,10H,8-9H2,1H3,(H,20,22)/b14-10-. The van der Waals surface area contributed by atoms with Crippen LogP contribution in [0.25, 0.3) is 6.08 Å². The Kier molecular flexibility index (Phi) is 5.63. The number of aryl methyl sites for hydroxylation is 1. The molecule has 1 aliphatic rings. The van der Waals surface area contributed by atoms with Crippen molar-refractivity contribution in [3.8, 4) is 0 Å². The molecule has 1 N–H and O–H groups in total. The maximum Gasteiger partial charge on any atom is 0.293 e. The second kappa shape index (κ2) is 7.92. The first-order valence-electron chi connectivity index (χ1n) is 7.79. The Bertz CT molecular complexity index is 889. The van der Waals surface area contributed by atoms with Crippen LogP contribution in [0.3, 0.4) is 0 Å². The number of imide groups is 1. The summed E-state index contributed by atoms with van der Waals surface area (Å²) in [5.74, 6) is -0.598. The van der Waals surface area contributed by atoms with Crippen molar-refractivity contribution in [2.24, 2.45) is 0 Å². The lowest BCUT2D eigenvalue weighted by molar-refractivity contribution is -0.122. The highest BCUT2D eigenvalue weighted by atomic mass is 79.9. The molecule has 3 amide bonds. The zero-order valence-electron chi connectivity index (χ0n) is 13.8. The van der Waals surface area contributed by atoms with Crippen molar-refractivity contribution in [1.82, 2.24) is 10.2 Å². The van der Waals surface area contributed by atoms with E-state index in [2.05, 4.69) is 21.2 Å². The molecule has 0 atom stereocenters. The quantitative estimate of drug-likeness (QED) is 0.723. The van der Waals surface area contributed by atoms with Crippen molar-refractivity contribution in [3.05, 3.63) is 62.9 Å². The van der Waals surface area contributed by atoms with Crippen molar-refractivity contribution in [3.63, 3.8) is 0 Å². The molecule has 1 aromatic carbocycles. The van der Waals surface area contributed by atoms with Crippen molar-refractivity contribution >= 4 is 50.8 Å². The first-order chi connectivity index (χ1) is 12.4. The number of carbonyl (C=O) groups is 3. The highest BCUT2D eigenvalue weighted by Gasteiger charge is 2.34.